The first-order valence-electron chi connectivity index (χ1n) is 9.63. The standard InChI is InChI=1S/C22H28FN3O/c1-22(2,26-12-3-4-13-26)16-25-21(27)20(14-17-6-5-11-24-15-17)18-7-9-19(23)10-8-18/h5-11,15,20H,3-4,12-14,16H2,1-2H3,(H,25,27). The van der Waals surface area contributed by atoms with E-state index < -0.39 is 0 Å². The Bertz CT molecular complexity index is 740. The zero-order chi connectivity index (χ0) is 19.3. The van der Waals surface area contributed by atoms with Crippen molar-refractivity contribution in [3.63, 3.8) is 0 Å². The van der Waals surface area contributed by atoms with Gasteiger partial charge in [0, 0.05) is 24.5 Å². The lowest BCUT2D eigenvalue weighted by molar-refractivity contribution is -0.123. The number of rotatable bonds is 7. The van der Waals surface area contributed by atoms with Crippen LogP contribution in [-0.2, 0) is 11.2 Å². The second-order valence-corrected chi connectivity index (χ2v) is 7.89. The zero-order valence-corrected chi connectivity index (χ0v) is 16.1. The number of amides is 1. The Kier molecular flexibility index (Phi) is 6.22. The summed E-state index contributed by atoms with van der Waals surface area (Å²) in [6.07, 6.45) is 6.47. The highest BCUT2D eigenvalue weighted by molar-refractivity contribution is 5.84. The number of nitrogens with one attached hydrogen (secondary N) is 1. The largest absolute Gasteiger partial charge is 0.354 e. The van der Waals surface area contributed by atoms with Gasteiger partial charge in [0.2, 0.25) is 5.91 Å². The van der Waals surface area contributed by atoms with Gasteiger partial charge in [-0.05, 0) is 75.5 Å². The van der Waals surface area contributed by atoms with Gasteiger partial charge in [0.05, 0.1) is 5.92 Å². The fraction of sp³-hybridized carbons (Fsp3) is 0.455. The van der Waals surface area contributed by atoms with Crippen molar-refractivity contribution in [1.29, 1.82) is 0 Å². The van der Waals surface area contributed by atoms with Crippen LogP contribution in [0.4, 0.5) is 4.39 Å². The summed E-state index contributed by atoms with van der Waals surface area (Å²) >= 11 is 0. The van der Waals surface area contributed by atoms with E-state index in [4.69, 9.17) is 0 Å². The van der Waals surface area contributed by atoms with Crippen LogP contribution in [0.5, 0.6) is 0 Å². The topological polar surface area (TPSA) is 45.2 Å². The molecule has 0 aliphatic carbocycles. The maximum Gasteiger partial charge on any atom is 0.227 e. The number of hydrogen-bond donors (Lipinski definition) is 1. The highest BCUT2D eigenvalue weighted by Crippen LogP contribution is 2.23. The van der Waals surface area contributed by atoms with E-state index in [0.717, 1.165) is 24.2 Å². The predicted molar refractivity (Wildman–Crippen MR) is 105 cm³/mol. The van der Waals surface area contributed by atoms with Crippen molar-refractivity contribution in [2.75, 3.05) is 19.6 Å². The van der Waals surface area contributed by atoms with E-state index in [9.17, 15) is 9.18 Å². The highest BCUT2D eigenvalue weighted by Gasteiger charge is 2.30. The molecule has 1 unspecified atom stereocenters. The van der Waals surface area contributed by atoms with E-state index in [1.165, 1.54) is 25.0 Å². The Hall–Kier alpha value is -2.27. The van der Waals surface area contributed by atoms with Gasteiger partial charge in [-0.15, -0.1) is 0 Å². The highest BCUT2D eigenvalue weighted by atomic mass is 19.1. The van der Waals surface area contributed by atoms with Gasteiger partial charge in [-0.25, -0.2) is 4.39 Å². The molecule has 1 amide bonds. The van der Waals surface area contributed by atoms with Gasteiger partial charge in [-0.2, -0.15) is 0 Å². The lowest BCUT2D eigenvalue weighted by Crippen LogP contribution is -2.51. The van der Waals surface area contributed by atoms with Crippen molar-refractivity contribution in [3.8, 4) is 0 Å². The third kappa shape index (κ3) is 5.13. The molecule has 1 saturated heterocycles. The summed E-state index contributed by atoms with van der Waals surface area (Å²) in [5.41, 5.74) is 1.73. The fourth-order valence-electron chi connectivity index (χ4n) is 3.67. The van der Waals surface area contributed by atoms with E-state index in [1.807, 2.05) is 12.1 Å². The minimum atomic E-state index is -0.371. The summed E-state index contributed by atoms with van der Waals surface area (Å²) in [4.78, 5) is 19.6. The molecule has 0 saturated carbocycles. The average Bonchev–Trinajstić information content (AvgIpc) is 3.22. The molecule has 1 aliphatic heterocycles. The second-order valence-electron chi connectivity index (χ2n) is 7.89. The van der Waals surface area contributed by atoms with Crippen molar-refractivity contribution in [3.05, 3.63) is 65.7 Å². The van der Waals surface area contributed by atoms with Crippen LogP contribution in [-0.4, -0.2) is 41.0 Å². The maximum atomic E-state index is 13.3. The van der Waals surface area contributed by atoms with Gasteiger partial charge >= 0.3 is 0 Å². The van der Waals surface area contributed by atoms with Gasteiger partial charge in [0.1, 0.15) is 5.82 Å². The number of hydrogen-bond acceptors (Lipinski definition) is 3. The van der Waals surface area contributed by atoms with Crippen molar-refractivity contribution in [2.24, 2.45) is 0 Å². The van der Waals surface area contributed by atoms with Gasteiger partial charge in [0.15, 0.2) is 0 Å². The lowest BCUT2D eigenvalue weighted by Gasteiger charge is -2.36. The number of aromatic nitrogens is 1. The zero-order valence-electron chi connectivity index (χ0n) is 16.1. The molecule has 3 rings (SSSR count). The maximum absolute atomic E-state index is 13.3. The molecule has 5 heteroatoms. The molecule has 1 N–H and O–H groups in total. The minimum Gasteiger partial charge on any atom is -0.354 e. The number of likely N-dealkylation sites (tertiary alicyclic amines) is 1. The molecule has 1 fully saturated rings. The second kappa shape index (κ2) is 8.61. The predicted octanol–water partition coefficient (Wildman–Crippen LogP) is 3.54. The molecule has 27 heavy (non-hydrogen) atoms. The fourth-order valence-corrected chi connectivity index (χ4v) is 3.67. The van der Waals surface area contributed by atoms with Crippen LogP contribution in [0.2, 0.25) is 0 Å². The Morgan fingerprint density at radius 1 is 1.22 bits per heavy atom. The van der Waals surface area contributed by atoms with Gasteiger partial charge in [0.25, 0.3) is 0 Å². The number of pyridine rings is 1. The van der Waals surface area contributed by atoms with E-state index >= 15 is 0 Å². The molecular weight excluding hydrogens is 341 g/mol. The van der Waals surface area contributed by atoms with Crippen molar-refractivity contribution in [2.45, 2.75) is 44.6 Å². The van der Waals surface area contributed by atoms with Crippen LogP contribution in [0, 0.1) is 5.82 Å². The van der Waals surface area contributed by atoms with Crippen LogP contribution >= 0.6 is 0 Å². The average molecular weight is 369 g/mol. The Morgan fingerprint density at radius 2 is 1.93 bits per heavy atom. The molecule has 1 aliphatic rings. The Labute approximate surface area is 160 Å². The van der Waals surface area contributed by atoms with Gasteiger partial charge in [-0.3, -0.25) is 14.7 Å². The molecule has 0 radical (unpaired) electrons. The van der Waals surface area contributed by atoms with E-state index in [1.54, 1.807) is 24.5 Å². The molecule has 1 atom stereocenters. The van der Waals surface area contributed by atoms with Gasteiger partial charge in [-0.1, -0.05) is 18.2 Å². The molecule has 1 aromatic carbocycles. The summed E-state index contributed by atoms with van der Waals surface area (Å²) in [5, 5.41) is 3.14. The first-order chi connectivity index (χ1) is 13.0. The summed E-state index contributed by atoms with van der Waals surface area (Å²) in [5.74, 6) is -0.698. The first-order valence-corrected chi connectivity index (χ1v) is 9.63. The van der Waals surface area contributed by atoms with Gasteiger partial charge < -0.3 is 5.32 Å². The van der Waals surface area contributed by atoms with Crippen LogP contribution in [0.1, 0.15) is 43.7 Å². The molecule has 144 valence electrons. The first kappa shape index (κ1) is 19.5. The molecular formula is C22H28FN3O. The number of carbonyl (C=O) groups excluding carboxylic acids is 1. The van der Waals surface area contributed by atoms with Crippen molar-refractivity contribution >= 4 is 5.91 Å². The SMILES string of the molecule is CC(C)(CNC(=O)C(Cc1cccnc1)c1ccc(F)cc1)N1CCCC1. The smallest absolute Gasteiger partial charge is 0.227 e. The van der Waals surface area contributed by atoms with Crippen molar-refractivity contribution in [1.82, 2.24) is 15.2 Å². The third-order valence-corrected chi connectivity index (χ3v) is 5.41. The van der Waals surface area contributed by atoms with Crippen LogP contribution in [0.15, 0.2) is 48.8 Å². The normalized spacial score (nSPS) is 16.3. The number of carbonyl (C=O) groups is 1. The summed E-state index contributed by atoms with van der Waals surface area (Å²) in [6.45, 7) is 7.11. The van der Waals surface area contributed by atoms with Crippen molar-refractivity contribution < 1.29 is 9.18 Å². The van der Waals surface area contributed by atoms with E-state index in [0.29, 0.717) is 13.0 Å². The van der Waals surface area contributed by atoms with Crippen LogP contribution in [0.3, 0.4) is 0 Å². The van der Waals surface area contributed by atoms with Crippen LogP contribution in [0.25, 0.3) is 0 Å². The van der Waals surface area contributed by atoms with E-state index in [2.05, 4.69) is 29.0 Å². The van der Waals surface area contributed by atoms with Crippen LogP contribution < -0.4 is 5.32 Å². The number of benzene rings is 1. The Morgan fingerprint density at radius 3 is 2.56 bits per heavy atom. The number of halogens is 1. The third-order valence-electron chi connectivity index (χ3n) is 5.41. The Balaban J connectivity index is 1.73. The number of nitrogens with zero attached hydrogens (tertiary/aromatic N) is 2. The summed E-state index contributed by atoms with van der Waals surface area (Å²) < 4.78 is 13.3. The molecule has 0 bridgehead atoms. The summed E-state index contributed by atoms with van der Waals surface area (Å²) in [7, 11) is 0. The molecule has 1 aromatic heterocycles. The quantitative estimate of drug-likeness (QED) is 0.812. The van der Waals surface area contributed by atoms with E-state index in [-0.39, 0.29) is 23.2 Å². The monoisotopic (exact) mass is 369 g/mol. The molecule has 2 aromatic rings. The molecule has 0 spiro atoms. The minimum absolute atomic E-state index is 0.0299. The summed E-state index contributed by atoms with van der Waals surface area (Å²) in [6, 6.07) is 10.0. The lowest BCUT2D eigenvalue weighted by atomic mass is 9.91. The molecule has 4 nitrogen and oxygen atoms in total. The molecule has 2 heterocycles.